The highest BCUT2D eigenvalue weighted by atomic mass is 35.5. The Morgan fingerprint density at radius 3 is 2.89 bits per heavy atom. The fourth-order valence-corrected chi connectivity index (χ4v) is 1.87. The van der Waals surface area contributed by atoms with E-state index in [0.29, 0.717) is 18.9 Å². The zero-order valence-corrected chi connectivity index (χ0v) is 12.2. The van der Waals surface area contributed by atoms with Gasteiger partial charge in [0.05, 0.1) is 13.0 Å². The maximum Gasteiger partial charge on any atom is 0.223 e. The van der Waals surface area contributed by atoms with Crippen LogP contribution in [-0.2, 0) is 4.79 Å². The Morgan fingerprint density at radius 1 is 1.32 bits per heavy atom. The molecule has 0 aliphatic heterocycles. The van der Waals surface area contributed by atoms with Gasteiger partial charge < -0.3 is 10.1 Å². The minimum Gasteiger partial charge on any atom is -0.493 e. The zero-order chi connectivity index (χ0) is 13.9. The van der Waals surface area contributed by atoms with Gasteiger partial charge in [-0.1, -0.05) is 18.6 Å². The van der Waals surface area contributed by atoms with Gasteiger partial charge in [-0.15, -0.1) is 11.6 Å². The van der Waals surface area contributed by atoms with Crippen molar-refractivity contribution < 1.29 is 9.53 Å². The van der Waals surface area contributed by atoms with Gasteiger partial charge >= 0.3 is 0 Å². The van der Waals surface area contributed by atoms with Gasteiger partial charge in [0.25, 0.3) is 0 Å². The van der Waals surface area contributed by atoms with Gasteiger partial charge in [-0.2, -0.15) is 0 Å². The summed E-state index contributed by atoms with van der Waals surface area (Å²) >= 11 is 5.58. The van der Waals surface area contributed by atoms with E-state index in [1.165, 1.54) is 0 Å². The number of carbonyl (C=O) groups excluding carboxylic acids is 1. The summed E-state index contributed by atoms with van der Waals surface area (Å²) in [7, 11) is 0. The largest absolute Gasteiger partial charge is 0.493 e. The molecule has 0 radical (unpaired) electrons. The second-order valence-electron chi connectivity index (χ2n) is 4.51. The number of hydrogen-bond acceptors (Lipinski definition) is 2. The standard InChI is InChI=1S/C15H22ClNO2/c1-13-6-5-7-14(12-13)19-11-8-15(18)17-10-4-2-3-9-16/h5-7,12H,2-4,8-11H2,1H3,(H,17,18). The predicted octanol–water partition coefficient (Wildman–Crippen LogP) is 3.29. The lowest BCUT2D eigenvalue weighted by Crippen LogP contribution is -2.25. The van der Waals surface area contributed by atoms with Crippen LogP contribution in [0.2, 0.25) is 0 Å². The maximum atomic E-state index is 11.5. The molecule has 0 bridgehead atoms. The van der Waals surface area contributed by atoms with Gasteiger partial charge in [-0.3, -0.25) is 4.79 Å². The summed E-state index contributed by atoms with van der Waals surface area (Å²) in [5, 5.41) is 2.88. The van der Waals surface area contributed by atoms with Crippen molar-refractivity contribution >= 4 is 17.5 Å². The normalized spacial score (nSPS) is 10.2. The molecule has 1 aromatic rings. The highest BCUT2D eigenvalue weighted by Gasteiger charge is 2.01. The smallest absolute Gasteiger partial charge is 0.223 e. The molecule has 0 saturated carbocycles. The highest BCUT2D eigenvalue weighted by molar-refractivity contribution is 6.17. The molecule has 19 heavy (non-hydrogen) atoms. The number of amides is 1. The molecule has 0 saturated heterocycles. The lowest BCUT2D eigenvalue weighted by Gasteiger charge is -2.07. The monoisotopic (exact) mass is 283 g/mol. The molecule has 0 unspecified atom stereocenters. The molecular weight excluding hydrogens is 262 g/mol. The molecule has 1 N–H and O–H groups in total. The highest BCUT2D eigenvalue weighted by Crippen LogP contribution is 2.12. The summed E-state index contributed by atoms with van der Waals surface area (Å²) in [5.74, 6) is 1.55. The molecular formula is C15H22ClNO2. The number of rotatable bonds is 9. The van der Waals surface area contributed by atoms with Crippen LogP contribution in [0, 0.1) is 6.92 Å². The topological polar surface area (TPSA) is 38.3 Å². The quantitative estimate of drug-likeness (QED) is 0.558. The molecule has 3 nitrogen and oxygen atoms in total. The lowest BCUT2D eigenvalue weighted by molar-refractivity contribution is -0.121. The summed E-state index contributed by atoms with van der Waals surface area (Å²) in [4.78, 5) is 11.5. The van der Waals surface area contributed by atoms with Gasteiger partial charge in [-0.25, -0.2) is 0 Å². The summed E-state index contributed by atoms with van der Waals surface area (Å²) in [5.41, 5.74) is 1.15. The van der Waals surface area contributed by atoms with E-state index in [1.54, 1.807) is 0 Å². The molecule has 0 fully saturated rings. The fraction of sp³-hybridized carbons (Fsp3) is 0.533. The number of aryl methyl sites for hydroxylation is 1. The first-order valence-corrected chi connectivity index (χ1v) is 7.28. The van der Waals surface area contributed by atoms with Crippen molar-refractivity contribution in [3.63, 3.8) is 0 Å². The molecule has 1 aromatic carbocycles. The molecule has 106 valence electrons. The minimum atomic E-state index is 0.0403. The number of halogens is 1. The molecule has 0 aliphatic carbocycles. The number of ether oxygens (including phenoxy) is 1. The van der Waals surface area contributed by atoms with Crippen LogP contribution in [0.4, 0.5) is 0 Å². The van der Waals surface area contributed by atoms with E-state index in [4.69, 9.17) is 16.3 Å². The summed E-state index contributed by atoms with van der Waals surface area (Å²) in [6, 6.07) is 7.82. The Bertz CT molecular complexity index is 382. The first-order valence-electron chi connectivity index (χ1n) is 6.74. The van der Waals surface area contributed by atoms with Crippen molar-refractivity contribution in [3.05, 3.63) is 29.8 Å². The number of nitrogens with one attached hydrogen (secondary N) is 1. The van der Waals surface area contributed by atoms with E-state index in [2.05, 4.69) is 5.32 Å². The van der Waals surface area contributed by atoms with E-state index in [0.717, 1.165) is 37.1 Å². The molecule has 1 rings (SSSR count). The van der Waals surface area contributed by atoms with Crippen molar-refractivity contribution in [2.24, 2.45) is 0 Å². The van der Waals surface area contributed by atoms with Crippen LogP contribution in [0.1, 0.15) is 31.2 Å². The fourth-order valence-electron chi connectivity index (χ4n) is 1.68. The molecule has 4 heteroatoms. The Morgan fingerprint density at radius 2 is 2.16 bits per heavy atom. The van der Waals surface area contributed by atoms with Crippen molar-refractivity contribution in [3.8, 4) is 5.75 Å². The number of unbranched alkanes of at least 4 members (excludes halogenated alkanes) is 2. The van der Waals surface area contributed by atoms with Gasteiger partial charge in [0, 0.05) is 12.4 Å². The van der Waals surface area contributed by atoms with Crippen LogP contribution in [0.5, 0.6) is 5.75 Å². The average molecular weight is 284 g/mol. The lowest BCUT2D eigenvalue weighted by atomic mass is 10.2. The van der Waals surface area contributed by atoms with Crippen LogP contribution in [0.25, 0.3) is 0 Å². The average Bonchev–Trinajstić information content (AvgIpc) is 2.38. The molecule has 0 heterocycles. The molecule has 0 aliphatic rings. The molecule has 0 spiro atoms. The number of hydrogen-bond donors (Lipinski definition) is 1. The third-order valence-corrected chi connectivity index (χ3v) is 2.99. The van der Waals surface area contributed by atoms with Crippen LogP contribution in [-0.4, -0.2) is 24.9 Å². The Balaban J connectivity index is 2.07. The predicted molar refractivity (Wildman–Crippen MR) is 78.9 cm³/mol. The second kappa shape index (κ2) is 9.68. The van der Waals surface area contributed by atoms with E-state index in [-0.39, 0.29) is 5.91 Å². The SMILES string of the molecule is Cc1cccc(OCCC(=O)NCCCCCCl)c1. The van der Waals surface area contributed by atoms with E-state index >= 15 is 0 Å². The van der Waals surface area contributed by atoms with Gasteiger partial charge in [-0.05, 0) is 37.5 Å². The van der Waals surface area contributed by atoms with Gasteiger partial charge in [0.2, 0.25) is 5.91 Å². The first-order chi connectivity index (χ1) is 9.22. The van der Waals surface area contributed by atoms with Crippen LogP contribution in [0.15, 0.2) is 24.3 Å². The minimum absolute atomic E-state index is 0.0403. The Kier molecular flexibility index (Phi) is 8.07. The third-order valence-electron chi connectivity index (χ3n) is 2.72. The molecule has 0 atom stereocenters. The van der Waals surface area contributed by atoms with Crippen LogP contribution in [0.3, 0.4) is 0 Å². The third kappa shape index (κ3) is 7.73. The maximum absolute atomic E-state index is 11.5. The number of benzene rings is 1. The second-order valence-corrected chi connectivity index (χ2v) is 4.89. The van der Waals surface area contributed by atoms with Crippen molar-refractivity contribution in [1.29, 1.82) is 0 Å². The van der Waals surface area contributed by atoms with E-state index in [1.807, 2.05) is 31.2 Å². The van der Waals surface area contributed by atoms with Crippen molar-refractivity contribution in [2.45, 2.75) is 32.6 Å². The van der Waals surface area contributed by atoms with E-state index in [9.17, 15) is 4.79 Å². The summed E-state index contributed by atoms with van der Waals surface area (Å²) in [6.07, 6.45) is 3.44. The molecule has 0 aromatic heterocycles. The summed E-state index contributed by atoms with van der Waals surface area (Å²) < 4.78 is 5.52. The van der Waals surface area contributed by atoms with Gasteiger partial charge in [0.1, 0.15) is 5.75 Å². The van der Waals surface area contributed by atoms with Crippen molar-refractivity contribution in [1.82, 2.24) is 5.32 Å². The van der Waals surface area contributed by atoms with Gasteiger partial charge in [0.15, 0.2) is 0 Å². The Hall–Kier alpha value is -1.22. The first kappa shape index (κ1) is 15.8. The van der Waals surface area contributed by atoms with Crippen molar-refractivity contribution in [2.75, 3.05) is 19.0 Å². The van der Waals surface area contributed by atoms with Crippen LogP contribution < -0.4 is 10.1 Å². The Labute approximate surface area is 120 Å². The number of alkyl halides is 1. The number of carbonyl (C=O) groups is 1. The zero-order valence-electron chi connectivity index (χ0n) is 11.5. The molecule has 1 amide bonds. The van der Waals surface area contributed by atoms with Crippen LogP contribution >= 0.6 is 11.6 Å². The van der Waals surface area contributed by atoms with E-state index < -0.39 is 0 Å². The summed E-state index contributed by atoms with van der Waals surface area (Å²) in [6.45, 7) is 3.15.